The van der Waals surface area contributed by atoms with E-state index in [1.165, 1.54) is 6.33 Å². The van der Waals surface area contributed by atoms with Gasteiger partial charge in [0.05, 0.1) is 19.2 Å². The number of rotatable bonds is 3. The quantitative estimate of drug-likeness (QED) is 0.938. The van der Waals surface area contributed by atoms with Crippen LogP contribution in [0.25, 0.3) is 0 Å². The molecule has 2 heterocycles. The van der Waals surface area contributed by atoms with Gasteiger partial charge in [-0.2, -0.15) is 5.10 Å². The zero-order valence-electron chi connectivity index (χ0n) is 13.4. The molecule has 1 aromatic carbocycles. The molecule has 7 heteroatoms. The van der Waals surface area contributed by atoms with E-state index in [1.54, 1.807) is 16.6 Å². The number of nitrogens with one attached hydrogen (secondary N) is 1. The molecule has 1 aromatic heterocycles. The van der Waals surface area contributed by atoms with Crippen molar-refractivity contribution in [2.75, 3.05) is 13.7 Å². The molecular weight excluding hydrogens is 294 g/mol. The van der Waals surface area contributed by atoms with Crippen molar-refractivity contribution in [1.29, 1.82) is 0 Å². The molecule has 1 atom stereocenters. The van der Waals surface area contributed by atoms with Crippen LogP contribution in [0.2, 0.25) is 0 Å². The molecule has 0 saturated carbocycles. The lowest BCUT2D eigenvalue weighted by atomic mass is 10.0. The van der Waals surface area contributed by atoms with Crippen molar-refractivity contribution < 1.29 is 9.53 Å². The molecule has 0 fully saturated rings. The molecular formula is C16H21N5O2. The highest BCUT2D eigenvalue weighted by atomic mass is 16.5. The summed E-state index contributed by atoms with van der Waals surface area (Å²) < 4.78 is 7.40. The summed E-state index contributed by atoms with van der Waals surface area (Å²) >= 11 is 0. The number of hydrogen-bond acceptors (Lipinski definition) is 4. The molecule has 0 unspecified atom stereocenters. The minimum Gasteiger partial charge on any atom is -0.493 e. The Morgan fingerprint density at radius 2 is 2.30 bits per heavy atom. The number of nitrogens with zero attached hydrogens (tertiary/aromatic N) is 4. The SMILES string of the molecule is CN(Cc1ncnn1C)C(=O)N[C@H]1CCCOc2ccccc21. The smallest absolute Gasteiger partial charge is 0.318 e. The van der Waals surface area contributed by atoms with Crippen molar-refractivity contribution in [1.82, 2.24) is 25.0 Å². The fourth-order valence-corrected chi connectivity index (χ4v) is 2.68. The third kappa shape index (κ3) is 3.44. The van der Waals surface area contributed by atoms with E-state index >= 15 is 0 Å². The summed E-state index contributed by atoms with van der Waals surface area (Å²) in [4.78, 5) is 18.2. The van der Waals surface area contributed by atoms with Crippen LogP contribution in [0.1, 0.15) is 30.3 Å². The van der Waals surface area contributed by atoms with Gasteiger partial charge in [0.15, 0.2) is 0 Å². The number of para-hydroxylation sites is 1. The largest absolute Gasteiger partial charge is 0.493 e. The first-order valence-corrected chi connectivity index (χ1v) is 7.71. The van der Waals surface area contributed by atoms with E-state index in [-0.39, 0.29) is 12.1 Å². The fourth-order valence-electron chi connectivity index (χ4n) is 2.68. The van der Waals surface area contributed by atoms with Gasteiger partial charge in [-0.3, -0.25) is 4.68 Å². The van der Waals surface area contributed by atoms with Gasteiger partial charge in [-0.05, 0) is 18.9 Å². The van der Waals surface area contributed by atoms with E-state index in [0.29, 0.717) is 13.2 Å². The Morgan fingerprint density at radius 3 is 3.09 bits per heavy atom. The van der Waals surface area contributed by atoms with Crippen molar-refractivity contribution in [3.05, 3.63) is 42.0 Å². The molecule has 0 spiro atoms. The van der Waals surface area contributed by atoms with Crippen molar-refractivity contribution in [3.63, 3.8) is 0 Å². The second-order valence-corrected chi connectivity index (χ2v) is 5.69. The molecule has 0 aliphatic carbocycles. The van der Waals surface area contributed by atoms with E-state index in [2.05, 4.69) is 15.4 Å². The zero-order chi connectivity index (χ0) is 16.2. The van der Waals surface area contributed by atoms with Crippen molar-refractivity contribution in [2.45, 2.75) is 25.4 Å². The van der Waals surface area contributed by atoms with E-state index in [1.807, 2.05) is 31.3 Å². The van der Waals surface area contributed by atoms with Crippen LogP contribution in [-0.4, -0.2) is 39.4 Å². The first-order chi connectivity index (χ1) is 11.1. The van der Waals surface area contributed by atoms with Crippen LogP contribution < -0.4 is 10.1 Å². The molecule has 0 saturated heterocycles. The van der Waals surface area contributed by atoms with Gasteiger partial charge in [0.2, 0.25) is 0 Å². The Balaban J connectivity index is 1.68. The lowest BCUT2D eigenvalue weighted by molar-refractivity contribution is 0.200. The van der Waals surface area contributed by atoms with Crippen LogP contribution >= 0.6 is 0 Å². The maximum Gasteiger partial charge on any atom is 0.318 e. The average molecular weight is 315 g/mol. The Kier molecular flexibility index (Phi) is 4.45. The summed E-state index contributed by atoms with van der Waals surface area (Å²) in [5.41, 5.74) is 1.03. The monoisotopic (exact) mass is 315 g/mol. The van der Waals surface area contributed by atoms with Gasteiger partial charge in [0.1, 0.15) is 17.9 Å². The van der Waals surface area contributed by atoms with Crippen LogP contribution in [0, 0.1) is 0 Å². The Morgan fingerprint density at radius 1 is 1.48 bits per heavy atom. The number of carbonyl (C=O) groups excluding carboxylic acids is 1. The minimum atomic E-state index is -0.130. The number of carbonyl (C=O) groups is 1. The molecule has 1 N–H and O–H groups in total. The number of ether oxygens (including phenoxy) is 1. The number of aromatic nitrogens is 3. The normalized spacial score (nSPS) is 16.9. The standard InChI is InChI=1S/C16H21N5O2/c1-20(10-15-17-11-18-21(15)2)16(22)19-13-7-5-9-23-14-8-4-3-6-12(13)14/h3-4,6,8,11,13H,5,7,9-10H2,1-2H3,(H,19,22)/t13-/m0/s1. The molecule has 0 bridgehead atoms. The highest BCUT2D eigenvalue weighted by Crippen LogP contribution is 2.31. The molecule has 2 amide bonds. The third-order valence-corrected chi connectivity index (χ3v) is 4.02. The first-order valence-electron chi connectivity index (χ1n) is 7.71. The summed E-state index contributed by atoms with van der Waals surface area (Å²) in [6.07, 6.45) is 3.26. The predicted molar refractivity (Wildman–Crippen MR) is 84.9 cm³/mol. The second-order valence-electron chi connectivity index (χ2n) is 5.69. The maximum absolute atomic E-state index is 12.5. The summed E-state index contributed by atoms with van der Waals surface area (Å²) in [5, 5.41) is 7.11. The topological polar surface area (TPSA) is 72.3 Å². The molecule has 2 aromatic rings. The maximum atomic E-state index is 12.5. The van der Waals surface area contributed by atoms with E-state index in [0.717, 1.165) is 30.0 Å². The van der Waals surface area contributed by atoms with E-state index < -0.39 is 0 Å². The molecule has 0 radical (unpaired) electrons. The van der Waals surface area contributed by atoms with Crippen LogP contribution in [0.15, 0.2) is 30.6 Å². The lowest BCUT2D eigenvalue weighted by Crippen LogP contribution is -2.39. The Hall–Kier alpha value is -2.57. The third-order valence-electron chi connectivity index (χ3n) is 4.02. The van der Waals surface area contributed by atoms with Crippen molar-refractivity contribution in [3.8, 4) is 5.75 Å². The van der Waals surface area contributed by atoms with Crippen LogP contribution in [0.4, 0.5) is 4.79 Å². The average Bonchev–Trinajstić information content (AvgIpc) is 2.84. The highest BCUT2D eigenvalue weighted by Gasteiger charge is 2.22. The lowest BCUT2D eigenvalue weighted by Gasteiger charge is -2.23. The van der Waals surface area contributed by atoms with E-state index in [4.69, 9.17) is 4.74 Å². The van der Waals surface area contributed by atoms with E-state index in [9.17, 15) is 4.79 Å². The summed E-state index contributed by atoms with van der Waals surface area (Å²) in [6.45, 7) is 1.09. The summed E-state index contributed by atoms with van der Waals surface area (Å²) in [7, 11) is 3.57. The summed E-state index contributed by atoms with van der Waals surface area (Å²) in [6, 6.07) is 7.70. The molecule has 7 nitrogen and oxygen atoms in total. The fraction of sp³-hybridized carbons (Fsp3) is 0.438. The van der Waals surface area contributed by atoms with Gasteiger partial charge in [-0.15, -0.1) is 0 Å². The number of urea groups is 1. The van der Waals surface area contributed by atoms with Crippen LogP contribution in [0.3, 0.4) is 0 Å². The Bertz CT molecular complexity index is 685. The number of hydrogen-bond donors (Lipinski definition) is 1. The van der Waals surface area contributed by atoms with Crippen LogP contribution in [0.5, 0.6) is 5.75 Å². The van der Waals surface area contributed by atoms with Gasteiger partial charge >= 0.3 is 6.03 Å². The van der Waals surface area contributed by atoms with Crippen LogP contribution in [-0.2, 0) is 13.6 Å². The number of amides is 2. The Labute approximate surface area is 135 Å². The molecule has 122 valence electrons. The minimum absolute atomic E-state index is 0.0388. The number of aryl methyl sites for hydroxylation is 1. The molecule has 3 rings (SSSR count). The number of benzene rings is 1. The van der Waals surface area contributed by atoms with Gasteiger partial charge in [-0.25, -0.2) is 9.78 Å². The zero-order valence-corrected chi connectivity index (χ0v) is 13.4. The van der Waals surface area contributed by atoms with Crippen molar-refractivity contribution >= 4 is 6.03 Å². The highest BCUT2D eigenvalue weighted by molar-refractivity contribution is 5.74. The molecule has 23 heavy (non-hydrogen) atoms. The second kappa shape index (κ2) is 6.68. The number of fused-ring (bicyclic) bond motifs is 1. The van der Waals surface area contributed by atoms with Gasteiger partial charge in [0.25, 0.3) is 0 Å². The molecule has 1 aliphatic heterocycles. The first kappa shape index (κ1) is 15.3. The van der Waals surface area contributed by atoms with Gasteiger partial charge in [0, 0.05) is 19.7 Å². The predicted octanol–water partition coefficient (Wildman–Crippen LogP) is 1.87. The van der Waals surface area contributed by atoms with Gasteiger partial charge in [-0.1, -0.05) is 18.2 Å². The molecule has 1 aliphatic rings. The summed E-state index contributed by atoms with van der Waals surface area (Å²) in [5.74, 6) is 1.60. The van der Waals surface area contributed by atoms with Crippen molar-refractivity contribution in [2.24, 2.45) is 7.05 Å². The van der Waals surface area contributed by atoms with Gasteiger partial charge < -0.3 is 15.0 Å².